The lowest BCUT2D eigenvalue weighted by molar-refractivity contribution is -0.120. The Morgan fingerprint density at radius 2 is 1.81 bits per heavy atom. The Morgan fingerprint density at radius 3 is 2.44 bits per heavy atom. The molecule has 2 saturated heterocycles. The SMILES string of the molecule is Cc1cc(NC(=O)C2CCCN2C(=O)OC(C)(C)C)ccc1N1CCCC1. The van der Waals surface area contributed by atoms with Crippen LogP contribution in [-0.4, -0.2) is 48.2 Å². The number of likely N-dealkylation sites (tertiary alicyclic amines) is 1. The highest BCUT2D eigenvalue weighted by Gasteiger charge is 2.36. The molecule has 0 aromatic heterocycles. The van der Waals surface area contributed by atoms with E-state index >= 15 is 0 Å². The lowest BCUT2D eigenvalue weighted by Gasteiger charge is -2.28. The van der Waals surface area contributed by atoms with Crippen LogP contribution in [0.25, 0.3) is 0 Å². The van der Waals surface area contributed by atoms with Crippen LogP contribution < -0.4 is 10.2 Å². The van der Waals surface area contributed by atoms with Crippen molar-refractivity contribution in [3.05, 3.63) is 23.8 Å². The summed E-state index contributed by atoms with van der Waals surface area (Å²) in [5, 5.41) is 2.98. The first-order valence-corrected chi connectivity index (χ1v) is 9.91. The van der Waals surface area contributed by atoms with Gasteiger partial charge in [-0.2, -0.15) is 0 Å². The summed E-state index contributed by atoms with van der Waals surface area (Å²) in [5.41, 5.74) is 2.60. The molecule has 2 fully saturated rings. The fourth-order valence-corrected chi connectivity index (χ4v) is 3.85. The number of amides is 2. The molecule has 6 heteroatoms. The van der Waals surface area contributed by atoms with Gasteiger partial charge in [0, 0.05) is 31.0 Å². The van der Waals surface area contributed by atoms with Crippen LogP contribution in [-0.2, 0) is 9.53 Å². The molecule has 27 heavy (non-hydrogen) atoms. The molecule has 1 aromatic rings. The molecule has 1 N–H and O–H groups in total. The molecular weight excluding hydrogens is 342 g/mol. The molecule has 1 unspecified atom stereocenters. The molecular formula is C21H31N3O3. The first-order chi connectivity index (χ1) is 12.7. The zero-order valence-corrected chi connectivity index (χ0v) is 16.9. The summed E-state index contributed by atoms with van der Waals surface area (Å²) in [5.74, 6) is -0.147. The number of ether oxygens (including phenoxy) is 1. The first kappa shape index (κ1) is 19.5. The zero-order chi connectivity index (χ0) is 19.6. The van der Waals surface area contributed by atoms with Crippen LogP contribution in [0.4, 0.5) is 16.2 Å². The van der Waals surface area contributed by atoms with Gasteiger partial charge < -0.3 is 15.0 Å². The van der Waals surface area contributed by atoms with Crippen molar-refractivity contribution in [2.24, 2.45) is 0 Å². The Balaban J connectivity index is 1.65. The smallest absolute Gasteiger partial charge is 0.410 e. The average Bonchev–Trinajstić information content (AvgIpc) is 3.25. The summed E-state index contributed by atoms with van der Waals surface area (Å²) in [4.78, 5) is 29.1. The van der Waals surface area contributed by atoms with Gasteiger partial charge in [0.25, 0.3) is 0 Å². The van der Waals surface area contributed by atoms with Gasteiger partial charge in [0.1, 0.15) is 11.6 Å². The summed E-state index contributed by atoms with van der Waals surface area (Å²) in [7, 11) is 0. The molecule has 0 saturated carbocycles. The van der Waals surface area contributed by atoms with Crippen LogP contribution in [0.2, 0.25) is 0 Å². The molecule has 1 atom stereocenters. The number of hydrogen-bond donors (Lipinski definition) is 1. The fourth-order valence-electron chi connectivity index (χ4n) is 3.85. The highest BCUT2D eigenvalue weighted by molar-refractivity contribution is 5.97. The Hall–Kier alpha value is -2.24. The minimum absolute atomic E-state index is 0.147. The molecule has 0 bridgehead atoms. The summed E-state index contributed by atoms with van der Waals surface area (Å²) >= 11 is 0. The van der Waals surface area contributed by atoms with Crippen molar-refractivity contribution >= 4 is 23.4 Å². The van der Waals surface area contributed by atoms with Gasteiger partial charge in [0.15, 0.2) is 0 Å². The maximum Gasteiger partial charge on any atom is 0.410 e. The Labute approximate surface area is 161 Å². The van der Waals surface area contributed by atoms with Crippen LogP contribution in [0.5, 0.6) is 0 Å². The molecule has 0 spiro atoms. The van der Waals surface area contributed by atoms with Gasteiger partial charge in [-0.15, -0.1) is 0 Å². The minimum Gasteiger partial charge on any atom is -0.444 e. The Morgan fingerprint density at radius 1 is 1.11 bits per heavy atom. The van der Waals surface area contributed by atoms with Crippen LogP contribution in [0.3, 0.4) is 0 Å². The third-order valence-electron chi connectivity index (χ3n) is 5.09. The van der Waals surface area contributed by atoms with E-state index in [1.165, 1.54) is 18.5 Å². The van der Waals surface area contributed by atoms with Crippen molar-refractivity contribution in [1.29, 1.82) is 0 Å². The van der Waals surface area contributed by atoms with E-state index < -0.39 is 17.7 Å². The van der Waals surface area contributed by atoms with Crippen molar-refractivity contribution in [3.8, 4) is 0 Å². The summed E-state index contributed by atoms with van der Waals surface area (Å²) in [6, 6.07) is 5.57. The van der Waals surface area contributed by atoms with E-state index in [4.69, 9.17) is 4.74 Å². The topological polar surface area (TPSA) is 61.9 Å². The number of nitrogens with zero attached hydrogens (tertiary/aromatic N) is 2. The molecule has 0 aliphatic carbocycles. The largest absolute Gasteiger partial charge is 0.444 e. The standard InChI is InChI=1S/C21H31N3O3/c1-15-14-16(9-10-17(15)23-11-5-6-12-23)22-19(25)18-8-7-13-24(18)20(26)27-21(2,3)4/h9-10,14,18H,5-8,11-13H2,1-4H3,(H,22,25). The van der Waals surface area contributed by atoms with Gasteiger partial charge in [-0.3, -0.25) is 9.69 Å². The second kappa shape index (κ2) is 7.79. The highest BCUT2D eigenvalue weighted by atomic mass is 16.6. The van der Waals surface area contributed by atoms with Crippen molar-refractivity contribution in [1.82, 2.24) is 4.90 Å². The van der Waals surface area contributed by atoms with E-state index in [1.54, 1.807) is 4.90 Å². The maximum atomic E-state index is 12.8. The minimum atomic E-state index is -0.566. The second-order valence-corrected chi connectivity index (χ2v) is 8.52. The van der Waals surface area contributed by atoms with E-state index in [0.717, 1.165) is 30.8 Å². The van der Waals surface area contributed by atoms with Gasteiger partial charge in [0.05, 0.1) is 0 Å². The quantitative estimate of drug-likeness (QED) is 0.872. The number of benzene rings is 1. The van der Waals surface area contributed by atoms with Gasteiger partial charge in [-0.05, 0) is 77.1 Å². The predicted octanol–water partition coefficient (Wildman–Crippen LogP) is 3.93. The number of carbonyl (C=O) groups excluding carboxylic acids is 2. The van der Waals surface area contributed by atoms with Crippen LogP contribution in [0, 0.1) is 6.92 Å². The average molecular weight is 373 g/mol. The van der Waals surface area contributed by atoms with Gasteiger partial charge in [-0.25, -0.2) is 4.79 Å². The van der Waals surface area contributed by atoms with Crippen LogP contribution >= 0.6 is 0 Å². The maximum absolute atomic E-state index is 12.8. The third-order valence-corrected chi connectivity index (χ3v) is 5.09. The van der Waals surface area contributed by atoms with Crippen LogP contribution in [0.1, 0.15) is 52.0 Å². The van der Waals surface area contributed by atoms with E-state index in [1.807, 2.05) is 32.9 Å². The number of hydrogen-bond acceptors (Lipinski definition) is 4. The number of aryl methyl sites for hydroxylation is 1. The lowest BCUT2D eigenvalue weighted by Crippen LogP contribution is -2.45. The molecule has 6 nitrogen and oxygen atoms in total. The van der Waals surface area contributed by atoms with Crippen molar-refractivity contribution in [3.63, 3.8) is 0 Å². The van der Waals surface area contributed by atoms with E-state index in [2.05, 4.69) is 23.2 Å². The second-order valence-electron chi connectivity index (χ2n) is 8.52. The van der Waals surface area contributed by atoms with E-state index in [9.17, 15) is 9.59 Å². The zero-order valence-electron chi connectivity index (χ0n) is 16.9. The highest BCUT2D eigenvalue weighted by Crippen LogP contribution is 2.28. The van der Waals surface area contributed by atoms with Gasteiger partial charge in [-0.1, -0.05) is 0 Å². The van der Waals surface area contributed by atoms with Crippen molar-refractivity contribution < 1.29 is 14.3 Å². The fraction of sp³-hybridized carbons (Fsp3) is 0.619. The number of nitrogens with one attached hydrogen (secondary N) is 1. The molecule has 2 aliphatic rings. The van der Waals surface area contributed by atoms with Gasteiger partial charge in [0.2, 0.25) is 5.91 Å². The molecule has 1 aromatic carbocycles. The summed E-state index contributed by atoms with van der Waals surface area (Å²) < 4.78 is 5.45. The molecule has 2 amide bonds. The van der Waals surface area contributed by atoms with Crippen LogP contribution in [0.15, 0.2) is 18.2 Å². The van der Waals surface area contributed by atoms with Crippen molar-refractivity contribution in [2.75, 3.05) is 29.9 Å². The number of anilines is 2. The van der Waals surface area contributed by atoms with E-state index in [-0.39, 0.29) is 5.91 Å². The van der Waals surface area contributed by atoms with Crippen molar-refractivity contribution in [2.45, 2.75) is 65.0 Å². The van der Waals surface area contributed by atoms with E-state index in [0.29, 0.717) is 13.0 Å². The molecule has 2 aliphatic heterocycles. The predicted molar refractivity (Wildman–Crippen MR) is 107 cm³/mol. The summed E-state index contributed by atoms with van der Waals surface area (Å²) in [6.45, 7) is 10.3. The first-order valence-electron chi connectivity index (χ1n) is 9.91. The normalized spacial score (nSPS) is 20.1. The van der Waals surface area contributed by atoms with Gasteiger partial charge >= 0.3 is 6.09 Å². The molecule has 0 radical (unpaired) electrons. The lowest BCUT2D eigenvalue weighted by atomic mass is 10.1. The third kappa shape index (κ3) is 4.73. The summed E-state index contributed by atoms with van der Waals surface area (Å²) in [6.07, 6.45) is 3.53. The molecule has 148 valence electrons. The number of rotatable bonds is 3. The number of carbonyl (C=O) groups is 2. The Kier molecular flexibility index (Phi) is 5.63. The molecule has 3 rings (SSSR count). The molecule has 2 heterocycles. The Bertz CT molecular complexity index is 705. The monoisotopic (exact) mass is 373 g/mol.